The fourth-order valence-corrected chi connectivity index (χ4v) is 2.27. The van der Waals surface area contributed by atoms with Crippen molar-refractivity contribution in [1.82, 2.24) is 9.97 Å². The molecule has 0 amide bonds. The highest BCUT2D eigenvalue weighted by molar-refractivity contribution is 6.36. The number of rotatable bonds is 5. The second-order valence-electron chi connectivity index (χ2n) is 4.07. The molecule has 0 atom stereocenters. The van der Waals surface area contributed by atoms with Gasteiger partial charge in [-0.2, -0.15) is 4.98 Å². The molecule has 0 fully saturated rings. The van der Waals surface area contributed by atoms with Gasteiger partial charge in [-0.05, 0) is 17.7 Å². The Morgan fingerprint density at radius 1 is 1.19 bits per heavy atom. The van der Waals surface area contributed by atoms with Crippen LogP contribution in [-0.2, 0) is 6.42 Å². The van der Waals surface area contributed by atoms with E-state index in [1.165, 1.54) is 20.4 Å². The highest BCUT2D eigenvalue weighted by atomic mass is 35.5. The number of carbonyl (C=O) groups is 1. The Labute approximate surface area is 131 Å². The van der Waals surface area contributed by atoms with Gasteiger partial charge in [0.05, 0.1) is 20.4 Å². The van der Waals surface area contributed by atoms with E-state index in [4.69, 9.17) is 32.7 Å². The average molecular weight is 327 g/mol. The van der Waals surface area contributed by atoms with Gasteiger partial charge in [0.25, 0.3) is 0 Å². The van der Waals surface area contributed by atoms with Crippen LogP contribution in [-0.4, -0.2) is 30.0 Å². The summed E-state index contributed by atoms with van der Waals surface area (Å²) in [6.45, 7) is 0. The van der Waals surface area contributed by atoms with Gasteiger partial charge in [0.1, 0.15) is 0 Å². The van der Waals surface area contributed by atoms with Crippen molar-refractivity contribution in [3.8, 4) is 11.8 Å². The first-order valence-corrected chi connectivity index (χ1v) is 6.73. The first-order chi connectivity index (χ1) is 10.1. The average Bonchev–Trinajstić information content (AvgIpc) is 2.50. The van der Waals surface area contributed by atoms with Crippen molar-refractivity contribution in [3.05, 3.63) is 45.7 Å². The number of Topliss-reactive ketones (excluding diaryl/α,β-unsaturated/α-hetero) is 1. The zero-order valence-electron chi connectivity index (χ0n) is 11.4. The third-order valence-corrected chi connectivity index (χ3v) is 3.49. The number of benzene rings is 1. The Morgan fingerprint density at radius 2 is 1.86 bits per heavy atom. The largest absolute Gasteiger partial charge is 0.480 e. The van der Waals surface area contributed by atoms with Crippen LogP contribution in [0.5, 0.6) is 11.8 Å². The van der Waals surface area contributed by atoms with Crippen LogP contribution in [0.2, 0.25) is 10.0 Å². The standard InChI is InChI=1S/C14H12Cl2N2O3/c1-20-12-7-17-13(14(18-12)21-2)11(19)6-8-9(15)4-3-5-10(8)16/h3-5,7H,6H2,1-2H3. The quantitative estimate of drug-likeness (QED) is 0.789. The van der Waals surface area contributed by atoms with Gasteiger partial charge < -0.3 is 9.47 Å². The molecule has 110 valence electrons. The molecule has 21 heavy (non-hydrogen) atoms. The predicted molar refractivity (Wildman–Crippen MR) is 79.6 cm³/mol. The lowest BCUT2D eigenvalue weighted by atomic mass is 10.1. The number of hydrogen-bond donors (Lipinski definition) is 0. The van der Waals surface area contributed by atoms with Crippen molar-refractivity contribution in [3.63, 3.8) is 0 Å². The maximum absolute atomic E-state index is 12.4. The molecular formula is C14H12Cl2N2O3. The van der Waals surface area contributed by atoms with Crippen LogP contribution in [0.3, 0.4) is 0 Å². The molecule has 0 aliphatic heterocycles. The van der Waals surface area contributed by atoms with E-state index in [0.29, 0.717) is 15.6 Å². The molecule has 0 aliphatic carbocycles. The van der Waals surface area contributed by atoms with E-state index in [0.717, 1.165) is 0 Å². The first-order valence-electron chi connectivity index (χ1n) is 5.98. The monoisotopic (exact) mass is 326 g/mol. The van der Waals surface area contributed by atoms with Gasteiger partial charge in [-0.25, -0.2) is 4.98 Å². The summed E-state index contributed by atoms with van der Waals surface area (Å²) in [5, 5.41) is 0.854. The van der Waals surface area contributed by atoms with Crippen LogP contribution in [0.1, 0.15) is 16.1 Å². The summed E-state index contributed by atoms with van der Waals surface area (Å²) in [5.41, 5.74) is 0.653. The molecule has 0 spiro atoms. The van der Waals surface area contributed by atoms with Crippen LogP contribution in [0.25, 0.3) is 0 Å². The van der Waals surface area contributed by atoms with E-state index in [9.17, 15) is 4.79 Å². The van der Waals surface area contributed by atoms with Crippen LogP contribution in [0.4, 0.5) is 0 Å². The summed E-state index contributed by atoms with van der Waals surface area (Å²) in [7, 11) is 2.86. The molecule has 0 unspecified atom stereocenters. The molecule has 1 aromatic carbocycles. The normalized spacial score (nSPS) is 10.3. The van der Waals surface area contributed by atoms with E-state index >= 15 is 0 Å². The highest BCUT2D eigenvalue weighted by Crippen LogP contribution is 2.27. The van der Waals surface area contributed by atoms with Gasteiger partial charge in [0.15, 0.2) is 11.5 Å². The summed E-state index contributed by atoms with van der Waals surface area (Å²) in [6.07, 6.45) is 1.36. The molecule has 0 N–H and O–H groups in total. The maximum atomic E-state index is 12.4. The number of halogens is 2. The van der Waals surface area contributed by atoms with Gasteiger partial charge in [0.2, 0.25) is 11.8 Å². The molecule has 0 saturated heterocycles. The Kier molecular flexibility index (Phi) is 4.98. The summed E-state index contributed by atoms with van der Waals surface area (Å²) in [6, 6.07) is 5.06. The maximum Gasteiger partial charge on any atom is 0.246 e. The number of nitrogens with zero attached hydrogens (tertiary/aromatic N) is 2. The Morgan fingerprint density at radius 3 is 2.43 bits per heavy atom. The molecule has 7 heteroatoms. The van der Waals surface area contributed by atoms with Crippen molar-refractivity contribution < 1.29 is 14.3 Å². The minimum Gasteiger partial charge on any atom is -0.480 e. The molecule has 1 heterocycles. The van der Waals surface area contributed by atoms with E-state index in [1.54, 1.807) is 18.2 Å². The molecule has 2 aromatic rings. The van der Waals surface area contributed by atoms with Gasteiger partial charge in [-0.15, -0.1) is 0 Å². The number of hydrogen-bond acceptors (Lipinski definition) is 5. The minimum absolute atomic E-state index is 0.00980. The molecule has 0 bridgehead atoms. The van der Waals surface area contributed by atoms with Crippen LogP contribution in [0, 0.1) is 0 Å². The third-order valence-electron chi connectivity index (χ3n) is 2.78. The van der Waals surface area contributed by atoms with Gasteiger partial charge in [0, 0.05) is 16.5 Å². The molecule has 2 rings (SSSR count). The second kappa shape index (κ2) is 6.74. The van der Waals surface area contributed by atoms with E-state index in [-0.39, 0.29) is 29.7 Å². The zero-order chi connectivity index (χ0) is 15.4. The van der Waals surface area contributed by atoms with Gasteiger partial charge in [-0.1, -0.05) is 29.3 Å². The predicted octanol–water partition coefficient (Wildman–Crippen LogP) is 3.23. The Bertz CT molecular complexity index is 657. The van der Waals surface area contributed by atoms with E-state index in [2.05, 4.69) is 9.97 Å². The Balaban J connectivity index is 2.32. The van der Waals surface area contributed by atoms with E-state index < -0.39 is 0 Å². The smallest absolute Gasteiger partial charge is 0.246 e. The number of aromatic nitrogens is 2. The molecule has 5 nitrogen and oxygen atoms in total. The molecular weight excluding hydrogens is 315 g/mol. The molecule has 0 saturated carbocycles. The lowest BCUT2D eigenvalue weighted by Crippen LogP contribution is -2.10. The second-order valence-corrected chi connectivity index (χ2v) is 4.88. The fourth-order valence-electron chi connectivity index (χ4n) is 1.73. The van der Waals surface area contributed by atoms with Crippen LogP contribution < -0.4 is 9.47 Å². The highest BCUT2D eigenvalue weighted by Gasteiger charge is 2.19. The molecule has 0 aliphatic rings. The summed E-state index contributed by atoms with van der Waals surface area (Å²) in [4.78, 5) is 20.4. The zero-order valence-corrected chi connectivity index (χ0v) is 12.9. The van der Waals surface area contributed by atoms with E-state index in [1.807, 2.05) is 0 Å². The number of carbonyl (C=O) groups excluding carboxylic acids is 1. The van der Waals surface area contributed by atoms with Crippen molar-refractivity contribution in [2.45, 2.75) is 6.42 Å². The lowest BCUT2D eigenvalue weighted by Gasteiger charge is -2.09. The topological polar surface area (TPSA) is 61.3 Å². The lowest BCUT2D eigenvalue weighted by molar-refractivity contribution is 0.0984. The molecule has 0 radical (unpaired) electrons. The van der Waals surface area contributed by atoms with Crippen molar-refractivity contribution >= 4 is 29.0 Å². The van der Waals surface area contributed by atoms with Gasteiger partial charge >= 0.3 is 0 Å². The molecule has 1 aromatic heterocycles. The third kappa shape index (κ3) is 3.43. The van der Waals surface area contributed by atoms with Crippen LogP contribution >= 0.6 is 23.2 Å². The van der Waals surface area contributed by atoms with Crippen molar-refractivity contribution in [2.75, 3.05) is 14.2 Å². The summed E-state index contributed by atoms with van der Waals surface area (Å²) < 4.78 is 10.0. The number of ether oxygens (including phenoxy) is 2. The van der Waals surface area contributed by atoms with Crippen LogP contribution in [0.15, 0.2) is 24.4 Å². The minimum atomic E-state index is -0.294. The van der Waals surface area contributed by atoms with Crippen molar-refractivity contribution in [2.24, 2.45) is 0 Å². The number of ketones is 1. The first kappa shape index (κ1) is 15.5. The fraction of sp³-hybridized carbons (Fsp3) is 0.214. The SMILES string of the molecule is COc1cnc(C(=O)Cc2c(Cl)cccc2Cl)c(OC)n1. The summed E-state index contributed by atoms with van der Waals surface area (Å²) >= 11 is 12.1. The van der Waals surface area contributed by atoms with Crippen molar-refractivity contribution in [1.29, 1.82) is 0 Å². The van der Waals surface area contributed by atoms with Gasteiger partial charge in [-0.3, -0.25) is 4.79 Å². The Hall–Kier alpha value is -1.85. The number of methoxy groups -OCH3 is 2. The summed E-state index contributed by atoms with van der Waals surface area (Å²) in [5.74, 6) is 0.0682.